The Hall–Kier alpha value is -3.20. The highest BCUT2D eigenvalue weighted by Gasteiger charge is 2.27. The van der Waals surface area contributed by atoms with E-state index in [2.05, 4.69) is 17.0 Å². The van der Waals surface area contributed by atoms with Gasteiger partial charge in [0.25, 0.3) is 0 Å². The number of aromatic nitrogens is 2. The van der Waals surface area contributed by atoms with E-state index in [0.29, 0.717) is 12.1 Å². The summed E-state index contributed by atoms with van der Waals surface area (Å²) in [5.41, 5.74) is 3.15. The van der Waals surface area contributed by atoms with Gasteiger partial charge in [-0.1, -0.05) is 24.3 Å². The predicted octanol–water partition coefficient (Wildman–Crippen LogP) is 2.17. The Morgan fingerprint density at radius 3 is 2.76 bits per heavy atom. The molecule has 0 radical (unpaired) electrons. The van der Waals surface area contributed by atoms with Gasteiger partial charge in [0.15, 0.2) is 11.7 Å². The minimum Gasteiger partial charge on any atom is -0.351 e. The number of benzene rings is 1. The van der Waals surface area contributed by atoms with E-state index in [0.717, 1.165) is 17.0 Å². The SMILES string of the molecule is C=CCNC(=O)[C@H](C#N)C(=O)c1cccc(Cn2nc(C)cc2C)c1. The monoisotopic (exact) mass is 336 g/mol. The van der Waals surface area contributed by atoms with E-state index in [-0.39, 0.29) is 6.54 Å². The van der Waals surface area contributed by atoms with Crippen LogP contribution in [-0.2, 0) is 11.3 Å². The highest BCUT2D eigenvalue weighted by molar-refractivity contribution is 6.12. The molecule has 0 aliphatic heterocycles. The van der Waals surface area contributed by atoms with Crippen LogP contribution in [0.4, 0.5) is 0 Å². The molecule has 0 saturated carbocycles. The van der Waals surface area contributed by atoms with Crippen LogP contribution in [0.25, 0.3) is 0 Å². The second-order valence-corrected chi connectivity index (χ2v) is 5.75. The first-order chi connectivity index (χ1) is 12.0. The van der Waals surface area contributed by atoms with Gasteiger partial charge in [-0.15, -0.1) is 6.58 Å². The van der Waals surface area contributed by atoms with Crippen molar-refractivity contribution in [2.75, 3.05) is 6.54 Å². The third-order valence-electron chi connectivity index (χ3n) is 3.72. The fraction of sp³-hybridized carbons (Fsp3) is 0.263. The average Bonchev–Trinajstić information content (AvgIpc) is 2.91. The number of hydrogen-bond donors (Lipinski definition) is 1. The molecule has 1 heterocycles. The number of nitriles is 1. The predicted molar refractivity (Wildman–Crippen MR) is 93.9 cm³/mol. The first-order valence-corrected chi connectivity index (χ1v) is 7.88. The van der Waals surface area contributed by atoms with Crippen molar-refractivity contribution in [2.45, 2.75) is 20.4 Å². The second-order valence-electron chi connectivity index (χ2n) is 5.75. The molecule has 1 aromatic carbocycles. The van der Waals surface area contributed by atoms with Crippen molar-refractivity contribution in [3.05, 3.63) is 65.5 Å². The van der Waals surface area contributed by atoms with Crippen LogP contribution >= 0.6 is 0 Å². The highest BCUT2D eigenvalue weighted by atomic mass is 16.2. The maximum atomic E-state index is 12.5. The molecule has 0 bridgehead atoms. The summed E-state index contributed by atoms with van der Waals surface area (Å²) in [6.07, 6.45) is 1.49. The Bertz CT molecular complexity index is 845. The highest BCUT2D eigenvalue weighted by Crippen LogP contribution is 2.14. The molecule has 1 aromatic heterocycles. The smallest absolute Gasteiger partial charge is 0.245 e. The van der Waals surface area contributed by atoms with Crippen LogP contribution in [0.2, 0.25) is 0 Å². The Kier molecular flexibility index (Phi) is 5.85. The van der Waals surface area contributed by atoms with Crippen LogP contribution < -0.4 is 5.32 Å². The van der Waals surface area contributed by atoms with Gasteiger partial charge in [-0.2, -0.15) is 10.4 Å². The number of rotatable bonds is 7. The second kappa shape index (κ2) is 8.06. The van der Waals surface area contributed by atoms with Crippen LogP contribution in [0.5, 0.6) is 0 Å². The quantitative estimate of drug-likeness (QED) is 0.477. The van der Waals surface area contributed by atoms with Gasteiger partial charge in [0.05, 0.1) is 18.3 Å². The number of carbonyl (C=O) groups excluding carboxylic acids is 2. The molecular formula is C19H20N4O2. The first-order valence-electron chi connectivity index (χ1n) is 7.88. The molecule has 6 heteroatoms. The van der Waals surface area contributed by atoms with Crippen molar-refractivity contribution < 1.29 is 9.59 Å². The Labute approximate surface area is 146 Å². The van der Waals surface area contributed by atoms with Gasteiger partial charge >= 0.3 is 0 Å². The zero-order chi connectivity index (χ0) is 18.4. The summed E-state index contributed by atoms with van der Waals surface area (Å²) in [5.74, 6) is -2.50. The first kappa shape index (κ1) is 18.1. The number of Topliss-reactive ketones (excluding diaryl/α,β-unsaturated/α-hetero) is 1. The summed E-state index contributed by atoms with van der Waals surface area (Å²) >= 11 is 0. The lowest BCUT2D eigenvalue weighted by atomic mass is 9.96. The Balaban J connectivity index is 2.20. The van der Waals surface area contributed by atoms with E-state index in [1.165, 1.54) is 6.08 Å². The van der Waals surface area contributed by atoms with Crippen LogP contribution in [0.15, 0.2) is 43.0 Å². The van der Waals surface area contributed by atoms with Gasteiger partial charge < -0.3 is 5.32 Å². The maximum absolute atomic E-state index is 12.5. The van der Waals surface area contributed by atoms with Gasteiger partial charge in [-0.3, -0.25) is 14.3 Å². The Morgan fingerprint density at radius 1 is 1.40 bits per heavy atom. The van der Waals surface area contributed by atoms with Crippen molar-refractivity contribution in [2.24, 2.45) is 5.92 Å². The summed E-state index contributed by atoms with van der Waals surface area (Å²) in [6.45, 7) is 8.10. The molecule has 0 unspecified atom stereocenters. The van der Waals surface area contributed by atoms with Crippen LogP contribution in [0.3, 0.4) is 0 Å². The van der Waals surface area contributed by atoms with Gasteiger partial charge in [-0.25, -0.2) is 0 Å². The number of nitrogens with one attached hydrogen (secondary N) is 1. The average molecular weight is 336 g/mol. The van der Waals surface area contributed by atoms with Crippen molar-refractivity contribution in [1.29, 1.82) is 5.26 Å². The van der Waals surface area contributed by atoms with Gasteiger partial charge in [-0.05, 0) is 31.5 Å². The van der Waals surface area contributed by atoms with E-state index in [1.54, 1.807) is 24.3 Å². The molecule has 0 aliphatic rings. The molecule has 2 aromatic rings. The van der Waals surface area contributed by atoms with Gasteiger partial charge in [0.2, 0.25) is 5.91 Å². The molecule has 0 saturated heterocycles. The largest absolute Gasteiger partial charge is 0.351 e. The number of ketones is 1. The molecule has 25 heavy (non-hydrogen) atoms. The molecule has 1 N–H and O–H groups in total. The molecular weight excluding hydrogens is 316 g/mol. The van der Waals surface area contributed by atoms with E-state index in [9.17, 15) is 14.9 Å². The van der Waals surface area contributed by atoms with Crippen molar-refractivity contribution in [1.82, 2.24) is 15.1 Å². The van der Waals surface area contributed by atoms with Gasteiger partial charge in [0, 0.05) is 17.8 Å². The van der Waals surface area contributed by atoms with E-state index >= 15 is 0 Å². The molecule has 2 rings (SSSR count). The third-order valence-corrected chi connectivity index (χ3v) is 3.72. The van der Waals surface area contributed by atoms with E-state index in [4.69, 9.17) is 0 Å². The van der Waals surface area contributed by atoms with Crippen LogP contribution in [0.1, 0.15) is 27.3 Å². The van der Waals surface area contributed by atoms with E-state index < -0.39 is 17.6 Å². The fourth-order valence-corrected chi connectivity index (χ4v) is 2.51. The maximum Gasteiger partial charge on any atom is 0.245 e. The molecule has 6 nitrogen and oxygen atoms in total. The molecule has 1 amide bonds. The molecule has 0 spiro atoms. The number of amides is 1. The lowest BCUT2D eigenvalue weighted by Gasteiger charge is -2.10. The Morgan fingerprint density at radius 2 is 2.16 bits per heavy atom. The molecule has 1 atom stereocenters. The summed E-state index contributed by atoms with van der Waals surface area (Å²) in [4.78, 5) is 24.5. The van der Waals surface area contributed by atoms with E-state index in [1.807, 2.05) is 30.7 Å². The van der Waals surface area contributed by atoms with Crippen molar-refractivity contribution >= 4 is 11.7 Å². The minimum absolute atomic E-state index is 0.211. The lowest BCUT2D eigenvalue weighted by Crippen LogP contribution is -2.34. The normalized spacial score (nSPS) is 11.4. The van der Waals surface area contributed by atoms with Crippen molar-refractivity contribution in [3.63, 3.8) is 0 Å². The number of nitrogens with zero attached hydrogens (tertiary/aromatic N) is 3. The summed E-state index contributed by atoms with van der Waals surface area (Å²) in [5, 5.41) is 16.1. The third kappa shape index (κ3) is 4.42. The standard InChI is InChI=1S/C19H20N4O2/c1-4-8-21-19(25)17(11-20)18(24)16-7-5-6-15(10-16)12-23-14(3)9-13(2)22-23/h4-7,9-10,17H,1,8,12H2,2-3H3,(H,21,25)/t17-/m1/s1. The summed E-state index contributed by atoms with van der Waals surface area (Å²) in [6, 6.07) is 10.7. The number of hydrogen-bond acceptors (Lipinski definition) is 4. The topological polar surface area (TPSA) is 87.8 Å². The summed E-state index contributed by atoms with van der Waals surface area (Å²) in [7, 11) is 0. The van der Waals surface area contributed by atoms with Crippen LogP contribution in [0, 0.1) is 31.1 Å². The molecule has 0 fully saturated rings. The van der Waals surface area contributed by atoms with Gasteiger partial charge in [0.1, 0.15) is 0 Å². The zero-order valence-electron chi connectivity index (χ0n) is 14.3. The number of carbonyl (C=O) groups is 2. The molecule has 128 valence electrons. The van der Waals surface area contributed by atoms with Crippen LogP contribution in [-0.4, -0.2) is 28.0 Å². The summed E-state index contributed by atoms with van der Waals surface area (Å²) < 4.78 is 1.84. The zero-order valence-corrected chi connectivity index (χ0v) is 14.3. The lowest BCUT2D eigenvalue weighted by molar-refractivity contribution is -0.121. The minimum atomic E-state index is -1.37. The fourth-order valence-electron chi connectivity index (χ4n) is 2.51. The molecule has 0 aliphatic carbocycles. The number of aryl methyl sites for hydroxylation is 2. The van der Waals surface area contributed by atoms with Crippen molar-refractivity contribution in [3.8, 4) is 6.07 Å².